The topological polar surface area (TPSA) is 55.1 Å². The molecule has 2 aromatic carbocycles. The molecular weight excluding hydrogens is 290 g/mol. The van der Waals surface area contributed by atoms with Crippen LogP contribution in [0.4, 0.5) is 15.8 Å². The van der Waals surface area contributed by atoms with Gasteiger partial charge in [0.2, 0.25) is 0 Å². The number of amides is 1. The highest BCUT2D eigenvalue weighted by molar-refractivity contribution is 6.42. The summed E-state index contributed by atoms with van der Waals surface area (Å²) in [6, 6.07) is 8.50. The smallest absolute Gasteiger partial charge is 0.255 e. The minimum absolute atomic E-state index is 0.0209. The fraction of sp³-hybridized carbons (Fsp3) is 0. The summed E-state index contributed by atoms with van der Waals surface area (Å²) in [5.74, 6) is -1.00. The van der Waals surface area contributed by atoms with Crippen molar-refractivity contribution in [2.24, 2.45) is 0 Å². The Morgan fingerprint density at radius 1 is 1.11 bits per heavy atom. The first kappa shape index (κ1) is 13.6. The number of rotatable bonds is 2. The van der Waals surface area contributed by atoms with Gasteiger partial charge in [-0.1, -0.05) is 23.2 Å². The number of hydrogen-bond acceptors (Lipinski definition) is 2. The van der Waals surface area contributed by atoms with Crippen molar-refractivity contribution in [3.63, 3.8) is 0 Å². The Kier molecular flexibility index (Phi) is 3.93. The zero-order valence-corrected chi connectivity index (χ0v) is 11.1. The van der Waals surface area contributed by atoms with Crippen molar-refractivity contribution >= 4 is 40.5 Å². The van der Waals surface area contributed by atoms with Crippen LogP contribution in [0.2, 0.25) is 10.0 Å². The number of anilines is 2. The molecule has 0 spiro atoms. The van der Waals surface area contributed by atoms with Crippen LogP contribution in [0, 0.1) is 5.82 Å². The van der Waals surface area contributed by atoms with Crippen molar-refractivity contribution in [3.05, 3.63) is 57.8 Å². The summed E-state index contributed by atoms with van der Waals surface area (Å²) in [7, 11) is 0. The van der Waals surface area contributed by atoms with Crippen molar-refractivity contribution in [2.75, 3.05) is 11.1 Å². The molecule has 3 nitrogen and oxygen atoms in total. The van der Waals surface area contributed by atoms with Gasteiger partial charge < -0.3 is 11.1 Å². The van der Waals surface area contributed by atoms with Gasteiger partial charge in [-0.15, -0.1) is 0 Å². The molecule has 0 aliphatic heterocycles. The van der Waals surface area contributed by atoms with Gasteiger partial charge in [0, 0.05) is 11.3 Å². The molecule has 0 unspecified atom stereocenters. The van der Waals surface area contributed by atoms with Crippen molar-refractivity contribution in [3.8, 4) is 0 Å². The lowest BCUT2D eigenvalue weighted by molar-refractivity contribution is 0.102. The molecule has 1 amide bonds. The molecule has 0 radical (unpaired) electrons. The minimum atomic E-state index is -0.591. The predicted octanol–water partition coefficient (Wildman–Crippen LogP) is 3.97. The zero-order valence-electron chi connectivity index (χ0n) is 9.58. The van der Waals surface area contributed by atoms with Gasteiger partial charge in [0.05, 0.1) is 15.7 Å². The Bertz CT molecular complexity index is 647. The average Bonchev–Trinajstić information content (AvgIpc) is 2.37. The first-order valence-corrected chi connectivity index (χ1v) is 6.04. The second-order valence-corrected chi connectivity index (χ2v) is 4.63. The average molecular weight is 299 g/mol. The fourth-order valence-electron chi connectivity index (χ4n) is 1.45. The number of benzene rings is 2. The van der Waals surface area contributed by atoms with Crippen LogP contribution < -0.4 is 11.1 Å². The third kappa shape index (κ3) is 3.16. The van der Waals surface area contributed by atoms with Crippen molar-refractivity contribution in [2.45, 2.75) is 0 Å². The second-order valence-electron chi connectivity index (χ2n) is 3.82. The van der Waals surface area contributed by atoms with E-state index in [0.717, 1.165) is 6.07 Å². The number of carbonyl (C=O) groups is 1. The van der Waals surface area contributed by atoms with Gasteiger partial charge in [-0.25, -0.2) is 4.39 Å². The van der Waals surface area contributed by atoms with Gasteiger partial charge in [0.15, 0.2) is 0 Å². The lowest BCUT2D eigenvalue weighted by atomic mass is 10.2. The molecular formula is C13H9Cl2FN2O. The van der Waals surface area contributed by atoms with Gasteiger partial charge in [-0.2, -0.15) is 0 Å². The van der Waals surface area contributed by atoms with E-state index in [-0.39, 0.29) is 10.7 Å². The van der Waals surface area contributed by atoms with Crippen LogP contribution >= 0.6 is 23.2 Å². The molecule has 0 heterocycles. The van der Waals surface area contributed by atoms with E-state index in [1.54, 1.807) is 0 Å². The number of nitrogens with one attached hydrogen (secondary N) is 1. The van der Waals surface area contributed by atoms with E-state index in [0.29, 0.717) is 16.3 Å². The Hall–Kier alpha value is -1.78. The molecule has 2 rings (SSSR count). The van der Waals surface area contributed by atoms with Crippen molar-refractivity contribution in [1.82, 2.24) is 0 Å². The highest BCUT2D eigenvalue weighted by Gasteiger charge is 2.09. The number of nitrogens with two attached hydrogens (primary N) is 1. The molecule has 19 heavy (non-hydrogen) atoms. The van der Waals surface area contributed by atoms with Crippen molar-refractivity contribution in [1.29, 1.82) is 0 Å². The zero-order chi connectivity index (χ0) is 14.0. The molecule has 98 valence electrons. The summed E-state index contributed by atoms with van der Waals surface area (Å²) < 4.78 is 13.2. The van der Waals surface area contributed by atoms with E-state index in [4.69, 9.17) is 28.9 Å². The summed E-state index contributed by atoms with van der Waals surface area (Å²) in [6.45, 7) is 0. The molecule has 0 bridgehead atoms. The van der Waals surface area contributed by atoms with E-state index in [2.05, 4.69) is 5.32 Å². The summed E-state index contributed by atoms with van der Waals surface area (Å²) >= 11 is 11.6. The minimum Gasteiger partial charge on any atom is -0.396 e. The molecule has 0 atom stereocenters. The predicted molar refractivity (Wildman–Crippen MR) is 75.2 cm³/mol. The Morgan fingerprint density at radius 3 is 2.47 bits per heavy atom. The van der Waals surface area contributed by atoms with Crippen LogP contribution in [-0.4, -0.2) is 5.91 Å². The van der Waals surface area contributed by atoms with Crippen LogP contribution in [-0.2, 0) is 0 Å². The van der Waals surface area contributed by atoms with Gasteiger partial charge in [-0.05, 0) is 36.4 Å². The molecule has 3 N–H and O–H groups in total. The highest BCUT2D eigenvalue weighted by atomic mass is 35.5. The summed E-state index contributed by atoms with van der Waals surface area (Å²) in [5.41, 5.74) is 6.00. The molecule has 0 aromatic heterocycles. The maximum absolute atomic E-state index is 13.2. The van der Waals surface area contributed by atoms with E-state index in [1.807, 2.05) is 0 Å². The molecule has 2 aromatic rings. The Balaban J connectivity index is 2.20. The maximum atomic E-state index is 13.2. The third-order valence-corrected chi connectivity index (χ3v) is 3.18. The summed E-state index contributed by atoms with van der Waals surface area (Å²) in [4.78, 5) is 11.9. The van der Waals surface area contributed by atoms with E-state index in [9.17, 15) is 9.18 Å². The largest absolute Gasteiger partial charge is 0.396 e. The van der Waals surface area contributed by atoms with Gasteiger partial charge in [0.1, 0.15) is 5.82 Å². The van der Waals surface area contributed by atoms with Crippen LogP contribution in [0.5, 0.6) is 0 Å². The van der Waals surface area contributed by atoms with Crippen LogP contribution in [0.3, 0.4) is 0 Å². The molecule has 6 heteroatoms. The monoisotopic (exact) mass is 298 g/mol. The van der Waals surface area contributed by atoms with Crippen LogP contribution in [0.15, 0.2) is 36.4 Å². The lowest BCUT2D eigenvalue weighted by Crippen LogP contribution is -2.12. The summed E-state index contributed by atoms with van der Waals surface area (Å²) in [6.07, 6.45) is 0. The number of nitrogen functional groups attached to an aromatic ring is 1. The molecule has 0 fully saturated rings. The molecule has 0 saturated heterocycles. The van der Waals surface area contributed by atoms with E-state index >= 15 is 0 Å². The Labute approximate surface area is 119 Å². The number of carbonyl (C=O) groups excluding carboxylic acids is 1. The number of halogens is 3. The standard InChI is InChI=1S/C13H9Cl2FN2O/c14-9-3-1-7(5-10(9)15)13(19)18-8-2-4-12(17)11(16)6-8/h1-6H,17H2,(H,18,19). The second kappa shape index (κ2) is 5.47. The number of hydrogen-bond donors (Lipinski definition) is 2. The van der Waals surface area contributed by atoms with Gasteiger partial charge in [-0.3, -0.25) is 4.79 Å². The Morgan fingerprint density at radius 2 is 1.84 bits per heavy atom. The van der Waals surface area contributed by atoms with E-state index < -0.39 is 11.7 Å². The first-order chi connectivity index (χ1) is 8.97. The third-order valence-electron chi connectivity index (χ3n) is 2.44. The van der Waals surface area contributed by atoms with Gasteiger partial charge in [0.25, 0.3) is 5.91 Å². The highest BCUT2D eigenvalue weighted by Crippen LogP contribution is 2.23. The van der Waals surface area contributed by atoms with Gasteiger partial charge >= 0.3 is 0 Å². The molecule has 0 aliphatic rings. The lowest BCUT2D eigenvalue weighted by Gasteiger charge is -2.07. The molecule has 0 saturated carbocycles. The first-order valence-electron chi connectivity index (χ1n) is 5.29. The normalized spacial score (nSPS) is 10.3. The fourth-order valence-corrected chi connectivity index (χ4v) is 1.74. The quantitative estimate of drug-likeness (QED) is 0.824. The maximum Gasteiger partial charge on any atom is 0.255 e. The summed E-state index contributed by atoms with van der Waals surface area (Å²) in [5, 5.41) is 3.17. The SMILES string of the molecule is Nc1ccc(NC(=O)c2ccc(Cl)c(Cl)c2)cc1F. The molecule has 0 aliphatic carbocycles. The van der Waals surface area contributed by atoms with Crippen molar-refractivity contribution < 1.29 is 9.18 Å². The van der Waals surface area contributed by atoms with E-state index in [1.165, 1.54) is 30.3 Å². The van der Waals surface area contributed by atoms with Crippen LogP contribution in [0.25, 0.3) is 0 Å². The van der Waals surface area contributed by atoms with Crippen LogP contribution in [0.1, 0.15) is 10.4 Å².